The van der Waals surface area contributed by atoms with Gasteiger partial charge in [0.1, 0.15) is 5.82 Å². The van der Waals surface area contributed by atoms with Gasteiger partial charge in [-0.1, -0.05) is 0 Å². The molecule has 18 heavy (non-hydrogen) atoms. The van der Waals surface area contributed by atoms with Gasteiger partial charge in [0.25, 0.3) is 0 Å². The number of carbonyl (C=O) groups excluding carboxylic acids is 1. The van der Waals surface area contributed by atoms with Crippen molar-refractivity contribution in [3.05, 3.63) is 33.1 Å². The Labute approximate surface area is 126 Å². The minimum atomic E-state index is -0.972. The standard InChI is InChI=1S/C12H15FINO2.ClH/c1-12(2,11(16)17-3)10(15)8-6-7(14)4-5-9(8)13;/h4-6,10H,15H2,1-3H3;1H/t10-;/m1./s1. The first-order valence-corrected chi connectivity index (χ1v) is 6.17. The highest BCUT2D eigenvalue weighted by atomic mass is 127. The lowest BCUT2D eigenvalue weighted by Gasteiger charge is -2.29. The van der Waals surface area contributed by atoms with Gasteiger partial charge in [0.2, 0.25) is 0 Å². The van der Waals surface area contributed by atoms with Crippen LogP contribution in [0.3, 0.4) is 0 Å². The van der Waals surface area contributed by atoms with E-state index in [0.717, 1.165) is 3.57 Å². The summed E-state index contributed by atoms with van der Waals surface area (Å²) in [6, 6.07) is 3.90. The van der Waals surface area contributed by atoms with Gasteiger partial charge >= 0.3 is 5.97 Å². The van der Waals surface area contributed by atoms with E-state index in [1.807, 2.05) is 0 Å². The first-order chi connectivity index (χ1) is 7.80. The second kappa shape index (κ2) is 6.68. The lowest BCUT2D eigenvalue weighted by molar-refractivity contribution is -0.152. The smallest absolute Gasteiger partial charge is 0.313 e. The fraction of sp³-hybridized carbons (Fsp3) is 0.417. The molecular weight excluding hydrogens is 371 g/mol. The Morgan fingerprint density at radius 2 is 2.06 bits per heavy atom. The second-order valence-electron chi connectivity index (χ2n) is 4.36. The minimum absolute atomic E-state index is 0. The zero-order valence-corrected chi connectivity index (χ0v) is 13.3. The number of halogens is 3. The van der Waals surface area contributed by atoms with Gasteiger partial charge in [0, 0.05) is 15.2 Å². The van der Waals surface area contributed by atoms with Crippen LogP contribution in [0.25, 0.3) is 0 Å². The molecule has 0 saturated heterocycles. The van der Waals surface area contributed by atoms with E-state index in [0.29, 0.717) is 5.56 Å². The molecule has 1 aromatic carbocycles. The topological polar surface area (TPSA) is 52.3 Å². The summed E-state index contributed by atoms with van der Waals surface area (Å²) >= 11 is 2.07. The fourth-order valence-corrected chi connectivity index (χ4v) is 2.05. The Balaban J connectivity index is 0.00000289. The van der Waals surface area contributed by atoms with E-state index in [-0.39, 0.29) is 12.4 Å². The van der Waals surface area contributed by atoms with Crippen molar-refractivity contribution in [1.82, 2.24) is 0 Å². The zero-order chi connectivity index (χ0) is 13.2. The molecule has 0 spiro atoms. The number of hydrogen-bond acceptors (Lipinski definition) is 3. The maximum absolute atomic E-state index is 13.7. The van der Waals surface area contributed by atoms with Crippen LogP contribution in [0.1, 0.15) is 25.5 Å². The highest BCUT2D eigenvalue weighted by Crippen LogP contribution is 2.34. The second-order valence-corrected chi connectivity index (χ2v) is 5.60. The Morgan fingerprint density at radius 3 is 2.56 bits per heavy atom. The molecule has 1 atom stereocenters. The molecular formula is C12H16ClFINO2. The molecule has 0 bridgehead atoms. The van der Waals surface area contributed by atoms with Crippen LogP contribution in [-0.2, 0) is 9.53 Å². The molecule has 0 aromatic heterocycles. The first-order valence-electron chi connectivity index (χ1n) is 5.09. The highest BCUT2D eigenvalue weighted by Gasteiger charge is 2.37. The van der Waals surface area contributed by atoms with Gasteiger partial charge in [0.15, 0.2) is 0 Å². The molecule has 6 heteroatoms. The first kappa shape index (κ1) is 17.6. The van der Waals surface area contributed by atoms with Gasteiger partial charge in [-0.05, 0) is 54.6 Å². The predicted molar refractivity (Wildman–Crippen MR) is 79.1 cm³/mol. The maximum Gasteiger partial charge on any atom is 0.313 e. The average molecular weight is 388 g/mol. The van der Waals surface area contributed by atoms with Gasteiger partial charge < -0.3 is 10.5 Å². The summed E-state index contributed by atoms with van der Waals surface area (Å²) in [6.45, 7) is 3.28. The Kier molecular flexibility index (Phi) is 6.53. The van der Waals surface area contributed by atoms with Gasteiger partial charge in [-0.3, -0.25) is 4.79 Å². The molecule has 0 aliphatic carbocycles. The van der Waals surface area contributed by atoms with Crippen molar-refractivity contribution >= 4 is 41.0 Å². The van der Waals surface area contributed by atoms with Gasteiger partial charge in [0.05, 0.1) is 12.5 Å². The maximum atomic E-state index is 13.7. The van der Waals surface area contributed by atoms with E-state index in [1.165, 1.54) is 13.2 Å². The molecule has 0 radical (unpaired) electrons. The Morgan fingerprint density at radius 1 is 1.50 bits per heavy atom. The molecule has 0 aliphatic rings. The molecule has 2 N–H and O–H groups in total. The molecule has 102 valence electrons. The van der Waals surface area contributed by atoms with Crippen LogP contribution >= 0.6 is 35.0 Å². The molecule has 0 fully saturated rings. The summed E-state index contributed by atoms with van der Waals surface area (Å²) in [6.07, 6.45) is 0. The summed E-state index contributed by atoms with van der Waals surface area (Å²) in [7, 11) is 1.29. The quantitative estimate of drug-likeness (QED) is 0.641. The Hall–Kier alpha value is -0.400. The number of benzene rings is 1. The van der Waals surface area contributed by atoms with Gasteiger partial charge in [-0.15, -0.1) is 12.4 Å². The summed E-state index contributed by atoms with van der Waals surface area (Å²) in [5.74, 6) is -0.863. The van der Waals surface area contributed by atoms with Crippen molar-refractivity contribution < 1.29 is 13.9 Å². The summed E-state index contributed by atoms with van der Waals surface area (Å²) in [4.78, 5) is 11.6. The van der Waals surface area contributed by atoms with Crippen molar-refractivity contribution in [2.75, 3.05) is 7.11 Å². The van der Waals surface area contributed by atoms with Crippen molar-refractivity contribution in [3.8, 4) is 0 Å². The monoisotopic (exact) mass is 387 g/mol. The van der Waals surface area contributed by atoms with Crippen molar-refractivity contribution in [2.24, 2.45) is 11.1 Å². The van der Waals surface area contributed by atoms with Crippen molar-refractivity contribution in [1.29, 1.82) is 0 Å². The van der Waals surface area contributed by atoms with E-state index in [1.54, 1.807) is 26.0 Å². The molecule has 0 saturated carbocycles. The van der Waals surface area contributed by atoms with E-state index < -0.39 is 23.2 Å². The normalized spacial score (nSPS) is 12.6. The van der Waals surface area contributed by atoms with Crippen LogP contribution < -0.4 is 5.73 Å². The van der Waals surface area contributed by atoms with Crippen LogP contribution in [0.15, 0.2) is 18.2 Å². The van der Waals surface area contributed by atoms with Crippen LogP contribution in [0.2, 0.25) is 0 Å². The number of nitrogens with two attached hydrogens (primary N) is 1. The number of methoxy groups -OCH3 is 1. The van der Waals surface area contributed by atoms with Crippen molar-refractivity contribution in [3.63, 3.8) is 0 Å². The summed E-state index contributed by atoms with van der Waals surface area (Å²) in [5.41, 5.74) is 5.33. The number of esters is 1. The number of ether oxygens (including phenoxy) is 1. The number of rotatable bonds is 3. The van der Waals surface area contributed by atoms with Crippen molar-refractivity contribution in [2.45, 2.75) is 19.9 Å². The van der Waals surface area contributed by atoms with Crippen LogP contribution in [-0.4, -0.2) is 13.1 Å². The van der Waals surface area contributed by atoms with Gasteiger partial charge in [-0.2, -0.15) is 0 Å². The lowest BCUT2D eigenvalue weighted by Crippen LogP contribution is -2.37. The summed E-state index contributed by atoms with van der Waals surface area (Å²) in [5, 5.41) is 0. The van der Waals surface area contributed by atoms with E-state index in [4.69, 9.17) is 5.73 Å². The average Bonchev–Trinajstić information content (AvgIpc) is 2.30. The number of hydrogen-bond donors (Lipinski definition) is 1. The van der Waals surface area contributed by atoms with Gasteiger partial charge in [-0.25, -0.2) is 4.39 Å². The molecule has 0 amide bonds. The fourth-order valence-electron chi connectivity index (χ4n) is 1.53. The molecule has 0 aliphatic heterocycles. The van der Waals surface area contributed by atoms with Crippen LogP contribution in [0.4, 0.5) is 4.39 Å². The minimum Gasteiger partial charge on any atom is -0.469 e. The Bertz CT molecular complexity index is 440. The van der Waals surface area contributed by atoms with Crippen LogP contribution in [0, 0.1) is 14.8 Å². The van der Waals surface area contributed by atoms with Crippen LogP contribution in [0.5, 0.6) is 0 Å². The molecule has 1 rings (SSSR count). The number of carbonyl (C=O) groups is 1. The third kappa shape index (κ3) is 3.55. The third-order valence-corrected chi connectivity index (χ3v) is 3.45. The molecule has 3 nitrogen and oxygen atoms in total. The molecule has 0 unspecified atom stereocenters. The molecule has 1 aromatic rings. The van der Waals surface area contributed by atoms with E-state index in [2.05, 4.69) is 27.3 Å². The largest absolute Gasteiger partial charge is 0.469 e. The zero-order valence-electron chi connectivity index (χ0n) is 10.4. The highest BCUT2D eigenvalue weighted by molar-refractivity contribution is 14.1. The van der Waals surface area contributed by atoms with E-state index in [9.17, 15) is 9.18 Å². The molecule has 0 heterocycles. The third-order valence-electron chi connectivity index (χ3n) is 2.78. The lowest BCUT2D eigenvalue weighted by atomic mass is 9.81. The SMILES string of the molecule is COC(=O)C(C)(C)[C@H](N)c1cc(I)ccc1F.Cl. The van der Waals surface area contributed by atoms with E-state index >= 15 is 0 Å². The predicted octanol–water partition coefficient (Wildman–Crippen LogP) is 3.05. The summed E-state index contributed by atoms with van der Waals surface area (Å²) < 4.78 is 19.2.